The Morgan fingerprint density at radius 3 is 2.57 bits per heavy atom. The number of allylic oxidation sites excluding steroid dienone is 1. The fourth-order valence-corrected chi connectivity index (χ4v) is 1.65. The molecule has 0 heterocycles. The van der Waals surface area contributed by atoms with Gasteiger partial charge >= 0.3 is 0 Å². The highest BCUT2D eigenvalue weighted by Crippen LogP contribution is 2.24. The first-order valence-corrected chi connectivity index (χ1v) is 4.88. The van der Waals surface area contributed by atoms with Crippen LogP contribution in [-0.4, -0.2) is 0 Å². The van der Waals surface area contributed by atoms with Crippen molar-refractivity contribution < 1.29 is 0 Å². The monoisotopic (exact) mass is 187 g/mol. The largest absolute Gasteiger partial charge is 0.398 e. The topological polar surface area (TPSA) is 26.0 Å². The maximum absolute atomic E-state index is 6.06. The van der Waals surface area contributed by atoms with Crippen molar-refractivity contribution in [1.82, 2.24) is 0 Å². The minimum Gasteiger partial charge on any atom is -0.398 e. The fourth-order valence-electron chi connectivity index (χ4n) is 1.65. The number of nitrogens with two attached hydrogens (primary N) is 1. The van der Waals surface area contributed by atoms with Crippen molar-refractivity contribution in [2.24, 2.45) is 0 Å². The molecule has 0 atom stereocenters. The normalized spacial score (nSPS) is 9.79. The SMILES string of the molecule is C=CCc1ccc(C=C)c(CC)c1N. The van der Waals surface area contributed by atoms with E-state index >= 15 is 0 Å². The van der Waals surface area contributed by atoms with Gasteiger partial charge in [-0.15, -0.1) is 6.58 Å². The van der Waals surface area contributed by atoms with Crippen molar-refractivity contribution in [3.8, 4) is 0 Å². The van der Waals surface area contributed by atoms with Gasteiger partial charge in [-0.3, -0.25) is 0 Å². The highest BCUT2D eigenvalue weighted by molar-refractivity contribution is 5.65. The van der Waals surface area contributed by atoms with Gasteiger partial charge in [0.25, 0.3) is 0 Å². The van der Waals surface area contributed by atoms with Crippen LogP contribution in [0.2, 0.25) is 0 Å². The Labute approximate surface area is 85.9 Å². The van der Waals surface area contributed by atoms with Crippen LogP contribution in [0, 0.1) is 0 Å². The molecule has 0 aromatic heterocycles. The van der Waals surface area contributed by atoms with Crippen molar-refractivity contribution in [1.29, 1.82) is 0 Å². The molecule has 0 aliphatic heterocycles. The van der Waals surface area contributed by atoms with E-state index in [1.807, 2.05) is 18.2 Å². The van der Waals surface area contributed by atoms with Crippen LogP contribution in [0.25, 0.3) is 6.08 Å². The third kappa shape index (κ3) is 1.87. The Hall–Kier alpha value is -1.50. The van der Waals surface area contributed by atoms with Gasteiger partial charge < -0.3 is 5.73 Å². The summed E-state index contributed by atoms with van der Waals surface area (Å²) < 4.78 is 0. The predicted molar refractivity (Wildman–Crippen MR) is 64.2 cm³/mol. The standard InChI is InChI=1S/C13H17N/c1-4-7-11-9-8-10(5-2)12(6-3)13(11)14/h4-5,8-9H,1-2,6-7,14H2,3H3. The molecular formula is C13H17N. The molecule has 0 bridgehead atoms. The van der Waals surface area contributed by atoms with Crippen molar-refractivity contribution in [2.45, 2.75) is 19.8 Å². The minimum absolute atomic E-state index is 0.830. The van der Waals surface area contributed by atoms with E-state index in [-0.39, 0.29) is 0 Å². The summed E-state index contributed by atoms with van der Waals surface area (Å²) in [5.41, 5.74) is 10.4. The van der Waals surface area contributed by atoms with Crippen LogP contribution in [0.15, 0.2) is 31.4 Å². The van der Waals surface area contributed by atoms with E-state index in [9.17, 15) is 0 Å². The van der Waals surface area contributed by atoms with Crippen molar-refractivity contribution in [3.05, 3.63) is 48.1 Å². The Morgan fingerprint density at radius 1 is 1.36 bits per heavy atom. The number of nitrogen functional groups attached to an aromatic ring is 1. The summed E-state index contributed by atoms with van der Waals surface area (Å²) in [6.45, 7) is 9.61. The zero-order valence-electron chi connectivity index (χ0n) is 8.72. The molecule has 0 radical (unpaired) electrons. The van der Waals surface area contributed by atoms with Crippen LogP contribution in [-0.2, 0) is 12.8 Å². The molecule has 1 rings (SSSR count). The molecule has 0 spiro atoms. The van der Waals surface area contributed by atoms with Crippen molar-refractivity contribution >= 4 is 11.8 Å². The summed E-state index contributed by atoms with van der Waals surface area (Å²) in [6.07, 6.45) is 5.50. The van der Waals surface area contributed by atoms with Crippen LogP contribution in [0.5, 0.6) is 0 Å². The average molecular weight is 187 g/mol. The molecule has 1 aromatic carbocycles. The first-order valence-electron chi connectivity index (χ1n) is 4.88. The molecule has 0 saturated heterocycles. The third-order valence-electron chi connectivity index (χ3n) is 2.42. The summed E-state index contributed by atoms with van der Waals surface area (Å²) in [4.78, 5) is 0. The van der Waals surface area contributed by atoms with Gasteiger partial charge in [0.05, 0.1) is 0 Å². The number of hydrogen-bond acceptors (Lipinski definition) is 1. The zero-order chi connectivity index (χ0) is 10.6. The Morgan fingerprint density at radius 2 is 2.07 bits per heavy atom. The summed E-state index contributed by atoms with van der Waals surface area (Å²) in [6, 6.07) is 4.12. The van der Waals surface area contributed by atoms with E-state index in [1.54, 1.807) is 0 Å². The van der Waals surface area contributed by atoms with Gasteiger partial charge in [-0.1, -0.05) is 37.8 Å². The number of anilines is 1. The van der Waals surface area contributed by atoms with Gasteiger partial charge in [-0.25, -0.2) is 0 Å². The van der Waals surface area contributed by atoms with E-state index < -0.39 is 0 Å². The van der Waals surface area contributed by atoms with Crippen molar-refractivity contribution in [3.63, 3.8) is 0 Å². The van der Waals surface area contributed by atoms with Crippen LogP contribution >= 0.6 is 0 Å². The van der Waals surface area contributed by atoms with E-state index in [4.69, 9.17) is 5.73 Å². The van der Waals surface area contributed by atoms with Crippen LogP contribution in [0.1, 0.15) is 23.6 Å². The number of hydrogen-bond donors (Lipinski definition) is 1. The zero-order valence-corrected chi connectivity index (χ0v) is 8.72. The van der Waals surface area contributed by atoms with Crippen LogP contribution < -0.4 is 5.73 Å². The Balaban J connectivity index is 3.26. The Kier molecular flexibility index (Phi) is 3.52. The minimum atomic E-state index is 0.830. The Bertz CT molecular complexity index is 350. The van der Waals surface area contributed by atoms with Gasteiger partial charge in [0.1, 0.15) is 0 Å². The molecule has 0 aliphatic carbocycles. The van der Waals surface area contributed by atoms with Crippen molar-refractivity contribution in [2.75, 3.05) is 5.73 Å². The third-order valence-corrected chi connectivity index (χ3v) is 2.42. The molecule has 1 heteroatoms. The maximum atomic E-state index is 6.06. The molecule has 14 heavy (non-hydrogen) atoms. The average Bonchev–Trinajstić information content (AvgIpc) is 2.21. The van der Waals surface area contributed by atoms with Gasteiger partial charge in [0.15, 0.2) is 0 Å². The highest BCUT2D eigenvalue weighted by atomic mass is 14.6. The molecule has 0 unspecified atom stereocenters. The van der Waals surface area contributed by atoms with Crippen LogP contribution in [0.4, 0.5) is 5.69 Å². The second-order valence-electron chi connectivity index (χ2n) is 3.26. The predicted octanol–water partition coefficient (Wildman–Crippen LogP) is 3.20. The molecule has 0 fully saturated rings. The number of benzene rings is 1. The molecule has 2 N–H and O–H groups in total. The molecule has 0 aliphatic rings. The molecule has 0 saturated carbocycles. The van der Waals surface area contributed by atoms with Gasteiger partial charge in [0, 0.05) is 5.69 Å². The molecule has 1 nitrogen and oxygen atoms in total. The summed E-state index contributed by atoms with van der Waals surface area (Å²) in [5.74, 6) is 0. The summed E-state index contributed by atoms with van der Waals surface area (Å²) >= 11 is 0. The fraction of sp³-hybridized carbons (Fsp3) is 0.231. The van der Waals surface area contributed by atoms with Gasteiger partial charge in [0.2, 0.25) is 0 Å². The highest BCUT2D eigenvalue weighted by Gasteiger charge is 2.05. The van der Waals surface area contributed by atoms with E-state index in [2.05, 4.69) is 26.1 Å². The second kappa shape index (κ2) is 4.66. The lowest BCUT2D eigenvalue weighted by molar-refractivity contribution is 1.12. The van der Waals surface area contributed by atoms with E-state index in [0.29, 0.717) is 0 Å². The number of rotatable bonds is 4. The summed E-state index contributed by atoms with van der Waals surface area (Å²) in [7, 11) is 0. The molecule has 1 aromatic rings. The quantitative estimate of drug-likeness (QED) is 0.568. The van der Waals surface area contributed by atoms with E-state index in [0.717, 1.165) is 29.7 Å². The van der Waals surface area contributed by atoms with Crippen LogP contribution in [0.3, 0.4) is 0 Å². The smallest absolute Gasteiger partial charge is 0.0388 e. The lowest BCUT2D eigenvalue weighted by Crippen LogP contribution is -2.00. The molecule has 0 amide bonds. The maximum Gasteiger partial charge on any atom is 0.0388 e. The lowest BCUT2D eigenvalue weighted by atomic mass is 9.97. The van der Waals surface area contributed by atoms with E-state index in [1.165, 1.54) is 5.56 Å². The van der Waals surface area contributed by atoms with Gasteiger partial charge in [-0.05, 0) is 29.5 Å². The lowest BCUT2D eigenvalue weighted by Gasteiger charge is -2.11. The second-order valence-corrected chi connectivity index (χ2v) is 3.26. The first-order chi connectivity index (χ1) is 6.74. The van der Waals surface area contributed by atoms with Gasteiger partial charge in [-0.2, -0.15) is 0 Å². The summed E-state index contributed by atoms with van der Waals surface area (Å²) in [5, 5.41) is 0. The molecular weight excluding hydrogens is 170 g/mol. The molecule has 74 valence electrons. The first kappa shape index (κ1) is 10.6.